The van der Waals surface area contributed by atoms with Gasteiger partial charge in [-0.3, -0.25) is 14.4 Å². The number of rotatable bonds is 16. The zero-order valence-corrected chi connectivity index (χ0v) is 24.1. The Morgan fingerprint density at radius 3 is 2.34 bits per heavy atom. The highest BCUT2D eigenvalue weighted by atomic mass is 32.2. The summed E-state index contributed by atoms with van der Waals surface area (Å²) in [6.07, 6.45) is 0.454. The number of carboxylic acid groups (broad SMARTS) is 1. The molecule has 0 unspecified atom stereocenters. The van der Waals surface area contributed by atoms with E-state index in [1.807, 2.05) is 30.3 Å². The zero-order chi connectivity index (χ0) is 30.4. The van der Waals surface area contributed by atoms with Crippen molar-refractivity contribution in [2.45, 2.75) is 32.1 Å². The molecule has 12 heteroatoms. The van der Waals surface area contributed by atoms with Crippen LogP contribution in [-0.4, -0.2) is 67.3 Å². The van der Waals surface area contributed by atoms with E-state index in [0.29, 0.717) is 28.9 Å². The Morgan fingerprint density at radius 1 is 1.02 bits per heavy atom. The maximum absolute atomic E-state index is 13.1. The Morgan fingerprint density at radius 2 is 1.73 bits per heavy atom. The summed E-state index contributed by atoms with van der Waals surface area (Å²) in [6.45, 7) is 3.08. The van der Waals surface area contributed by atoms with Gasteiger partial charge in [0.15, 0.2) is 12.4 Å². The number of hydrogen-bond acceptors (Lipinski definition) is 9. The fourth-order valence-electron chi connectivity index (χ4n) is 3.55. The molecule has 0 aliphatic heterocycles. The van der Waals surface area contributed by atoms with Gasteiger partial charge in [-0.05, 0) is 29.7 Å². The largest absolute Gasteiger partial charge is 0.496 e. The number of thioether (sulfide) groups is 1. The van der Waals surface area contributed by atoms with Gasteiger partial charge < -0.3 is 30.0 Å². The molecule has 0 saturated heterocycles. The highest BCUT2D eigenvalue weighted by Gasteiger charge is 2.27. The van der Waals surface area contributed by atoms with Crippen molar-refractivity contribution in [2.24, 2.45) is 5.92 Å². The standard InChI is InChI=1S/C29H34N2O9S/c1-18(2)28(31-25(33)13-20-12-21(10-11-24(20)38-3)40-15-27(36)39-4)29(37)30-22(14-26(34)35)23(32)17-41-16-19-8-6-5-7-9-19/h5-12,14,18,28H,13,15-17H2,1-4H3,(H,30,37)(H,31,33)(H,34,35)/t28-/m0/s1. The van der Waals surface area contributed by atoms with E-state index in [9.17, 15) is 29.1 Å². The topological polar surface area (TPSA) is 157 Å². The van der Waals surface area contributed by atoms with E-state index in [-0.39, 0.29) is 24.5 Å². The molecule has 3 N–H and O–H groups in total. The number of allylic oxidation sites excluding steroid dienone is 1. The number of amides is 2. The monoisotopic (exact) mass is 586 g/mol. The minimum absolute atomic E-state index is 0.0544. The number of esters is 1. The highest BCUT2D eigenvalue weighted by molar-refractivity contribution is 7.99. The second kappa shape index (κ2) is 16.7. The molecule has 0 fully saturated rings. The molecule has 0 bridgehead atoms. The summed E-state index contributed by atoms with van der Waals surface area (Å²) in [4.78, 5) is 61.6. The molecule has 2 amide bonds. The van der Waals surface area contributed by atoms with Crippen LogP contribution in [0.25, 0.3) is 0 Å². The molecule has 41 heavy (non-hydrogen) atoms. The van der Waals surface area contributed by atoms with Gasteiger partial charge in [-0.15, -0.1) is 11.8 Å². The number of nitrogens with one attached hydrogen (secondary N) is 2. The van der Waals surface area contributed by atoms with Crippen LogP contribution in [-0.2, 0) is 40.9 Å². The average Bonchev–Trinajstić information content (AvgIpc) is 2.94. The molecule has 1 atom stereocenters. The minimum atomic E-state index is -1.40. The number of Topliss-reactive ketones (excluding diaryl/α,β-unsaturated/α-hetero) is 1. The van der Waals surface area contributed by atoms with Crippen LogP contribution in [0.3, 0.4) is 0 Å². The van der Waals surface area contributed by atoms with Crippen molar-refractivity contribution in [3.63, 3.8) is 0 Å². The van der Waals surface area contributed by atoms with Crippen molar-refractivity contribution in [1.82, 2.24) is 10.6 Å². The van der Waals surface area contributed by atoms with E-state index in [2.05, 4.69) is 15.4 Å². The zero-order valence-electron chi connectivity index (χ0n) is 23.3. The lowest BCUT2D eigenvalue weighted by molar-refractivity contribution is -0.143. The Labute approximate surface area is 242 Å². The first kappa shape index (κ1) is 32.9. The molecule has 0 aliphatic carbocycles. The number of carbonyl (C=O) groups excluding carboxylic acids is 4. The maximum atomic E-state index is 13.1. The molecule has 2 aromatic carbocycles. The van der Waals surface area contributed by atoms with Gasteiger partial charge in [-0.25, -0.2) is 9.59 Å². The lowest BCUT2D eigenvalue weighted by atomic mass is 10.0. The lowest BCUT2D eigenvalue weighted by Gasteiger charge is -2.22. The van der Waals surface area contributed by atoms with Crippen LogP contribution in [0.2, 0.25) is 0 Å². The summed E-state index contributed by atoms with van der Waals surface area (Å²) < 4.78 is 15.2. The van der Waals surface area contributed by atoms with E-state index < -0.39 is 41.5 Å². The Bertz CT molecular complexity index is 1260. The molecule has 0 spiro atoms. The predicted molar refractivity (Wildman–Crippen MR) is 152 cm³/mol. The number of methoxy groups -OCH3 is 2. The molecule has 0 aromatic heterocycles. The Balaban J connectivity index is 2.08. The minimum Gasteiger partial charge on any atom is -0.496 e. The molecule has 0 saturated carbocycles. The highest BCUT2D eigenvalue weighted by Crippen LogP contribution is 2.25. The summed E-state index contributed by atoms with van der Waals surface area (Å²) in [5, 5.41) is 14.3. The average molecular weight is 587 g/mol. The fourth-order valence-corrected chi connectivity index (χ4v) is 4.42. The lowest BCUT2D eigenvalue weighted by Crippen LogP contribution is -2.50. The Hall–Kier alpha value is -4.32. The summed E-state index contributed by atoms with van der Waals surface area (Å²) >= 11 is 1.28. The number of carbonyl (C=O) groups is 5. The van der Waals surface area contributed by atoms with Crippen molar-refractivity contribution < 1.29 is 43.3 Å². The number of aliphatic carboxylic acids is 1. The van der Waals surface area contributed by atoms with Crippen molar-refractivity contribution in [2.75, 3.05) is 26.6 Å². The second-order valence-corrected chi connectivity index (χ2v) is 10.1. The van der Waals surface area contributed by atoms with Crippen LogP contribution in [0.5, 0.6) is 11.5 Å². The first-order chi connectivity index (χ1) is 19.5. The van der Waals surface area contributed by atoms with E-state index in [0.717, 1.165) is 5.56 Å². The van der Waals surface area contributed by atoms with Gasteiger partial charge in [0.1, 0.15) is 17.5 Å². The summed E-state index contributed by atoms with van der Waals surface area (Å²) in [5.74, 6) is -3.02. The fraction of sp³-hybridized carbons (Fsp3) is 0.345. The van der Waals surface area contributed by atoms with Gasteiger partial charge in [0.2, 0.25) is 11.8 Å². The van der Waals surface area contributed by atoms with Gasteiger partial charge in [-0.1, -0.05) is 44.2 Å². The first-order valence-corrected chi connectivity index (χ1v) is 13.8. The summed E-state index contributed by atoms with van der Waals surface area (Å²) in [7, 11) is 2.67. The third-order valence-corrected chi connectivity index (χ3v) is 6.63. The van der Waals surface area contributed by atoms with Crippen LogP contribution in [0.4, 0.5) is 0 Å². The van der Waals surface area contributed by atoms with Crippen LogP contribution in [0, 0.1) is 5.92 Å². The van der Waals surface area contributed by atoms with Crippen molar-refractivity contribution in [1.29, 1.82) is 0 Å². The number of hydrogen-bond donors (Lipinski definition) is 3. The van der Waals surface area contributed by atoms with E-state index in [1.165, 1.54) is 32.0 Å². The van der Waals surface area contributed by atoms with E-state index in [1.54, 1.807) is 26.0 Å². The molecular formula is C29H34N2O9S. The van der Waals surface area contributed by atoms with Crippen LogP contribution >= 0.6 is 11.8 Å². The van der Waals surface area contributed by atoms with Gasteiger partial charge >= 0.3 is 11.9 Å². The number of benzene rings is 2. The maximum Gasteiger partial charge on any atom is 0.343 e. The molecule has 11 nitrogen and oxygen atoms in total. The molecular weight excluding hydrogens is 552 g/mol. The predicted octanol–water partition coefficient (Wildman–Crippen LogP) is 2.52. The van der Waals surface area contributed by atoms with Crippen LogP contribution in [0.15, 0.2) is 60.3 Å². The number of ketones is 1. The smallest absolute Gasteiger partial charge is 0.343 e. The van der Waals surface area contributed by atoms with Gasteiger partial charge in [0, 0.05) is 11.3 Å². The van der Waals surface area contributed by atoms with Crippen molar-refractivity contribution >= 4 is 41.3 Å². The molecule has 0 aliphatic rings. The van der Waals surface area contributed by atoms with Crippen LogP contribution < -0.4 is 20.1 Å². The van der Waals surface area contributed by atoms with Gasteiger partial charge in [0.25, 0.3) is 0 Å². The summed E-state index contributed by atoms with van der Waals surface area (Å²) in [5.41, 5.74) is 1.06. The Kier molecular flexibility index (Phi) is 13.4. The molecule has 220 valence electrons. The second-order valence-electron chi connectivity index (χ2n) is 9.09. The third kappa shape index (κ3) is 11.4. The van der Waals surface area contributed by atoms with Crippen molar-refractivity contribution in [3.8, 4) is 11.5 Å². The first-order valence-electron chi connectivity index (χ1n) is 12.6. The van der Waals surface area contributed by atoms with E-state index in [4.69, 9.17) is 9.47 Å². The molecule has 2 rings (SSSR count). The molecule has 0 heterocycles. The number of carboxylic acids is 1. The van der Waals surface area contributed by atoms with E-state index >= 15 is 0 Å². The molecule has 0 radical (unpaired) electrons. The quantitative estimate of drug-likeness (QED) is 0.197. The van der Waals surface area contributed by atoms with Gasteiger partial charge in [-0.2, -0.15) is 0 Å². The van der Waals surface area contributed by atoms with Gasteiger partial charge in [0.05, 0.1) is 38.2 Å². The normalized spacial score (nSPS) is 11.8. The SMILES string of the molecule is COC(=O)COc1ccc(OC)c(CC(=O)N[C@H](C(=O)NC(=CC(=O)O)C(=O)CSCc2ccccc2)C(C)C)c1. The molecule has 2 aromatic rings. The number of ether oxygens (including phenoxy) is 3. The summed E-state index contributed by atoms with van der Waals surface area (Å²) in [6, 6.07) is 13.0. The van der Waals surface area contributed by atoms with Crippen molar-refractivity contribution in [3.05, 3.63) is 71.4 Å². The van der Waals surface area contributed by atoms with Crippen LogP contribution in [0.1, 0.15) is 25.0 Å². The third-order valence-electron chi connectivity index (χ3n) is 5.62.